The summed E-state index contributed by atoms with van der Waals surface area (Å²) in [6.45, 7) is 2.15. The summed E-state index contributed by atoms with van der Waals surface area (Å²) in [4.78, 5) is 2.36. The Balaban J connectivity index is 0.000000136. The van der Waals surface area contributed by atoms with Gasteiger partial charge in [0.1, 0.15) is 22.3 Å². The number of aryl methyl sites for hydroxylation is 1. The third-order valence-corrected chi connectivity index (χ3v) is 18.8. The lowest BCUT2D eigenvalue weighted by molar-refractivity contribution is 0.668. The second-order valence-corrected chi connectivity index (χ2v) is 25.3. The third kappa shape index (κ3) is 14.1. The molecule has 18 aromatic rings. The molecule has 0 atom stereocenters. The molecule has 0 unspecified atom stereocenters. The van der Waals surface area contributed by atoms with Crippen molar-refractivity contribution >= 4 is 80.7 Å². The molecule has 18 rings (SSSR count). The highest BCUT2D eigenvalue weighted by atomic mass is 16.3. The number of hydrogen-bond donors (Lipinski definition) is 1. The van der Waals surface area contributed by atoms with Gasteiger partial charge in [-0.25, -0.2) is 0 Å². The number of fused-ring (bicyclic) bond motifs is 6. The fourth-order valence-electron chi connectivity index (χ4n) is 13.5. The van der Waals surface area contributed by atoms with E-state index in [9.17, 15) is 0 Å². The zero-order valence-corrected chi connectivity index (χ0v) is 56.4. The van der Waals surface area contributed by atoms with Gasteiger partial charge in [-0.2, -0.15) is 0 Å². The van der Waals surface area contributed by atoms with Crippen molar-refractivity contribution < 1.29 is 8.83 Å². The number of nitrogens with zero attached hydrogens (tertiary/aromatic N) is 1. The molecule has 0 amide bonds. The summed E-state index contributed by atoms with van der Waals surface area (Å²) in [5, 5.41) is 8.02. The van der Waals surface area contributed by atoms with Crippen LogP contribution in [-0.4, -0.2) is 8.41 Å². The molecule has 0 saturated carbocycles. The Hall–Kier alpha value is -13.2. The van der Waals surface area contributed by atoms with Gasteiger partial charge in [0.15, 0.2) is 0 Å². The largest absolute Gasteiger partial charge is 0.456 e. The van der Waals surface area contributed by atoms with Crippen molar-refractivity contribution in [2.45, 2.75) is 6.92 Å². The van der Waals surface area contributed by atoms with Gasteiger partial charge in [-0.1, -0.05) is 315 Å². The van der Waals surface area contributed by atoms with Crippen LogP contribution in [0.4, 0.5) is 28.4 Å². The van der Waals surface area contributed by atoms with Crippen LogP contribution in [0.15, 0.2) is 409 Å². The van der Waals surface area contributed by atoms with Crippen LogP contribution in [0.25, 0.3) is 133 Å². The molecular formula is C97H70BN2O2. The molecule has 1 N–H and O–H groups in total. The van der Waals surface area contributed by atoms with E-state index in [-0.39, 0.29) is 8.41 Å². The van der Waals surface area contributed by atoms with E-state index in [1.807, 2.05) is 42.5 Å². The van der Waals surface area contributed by atoms with Crippen molar-refractivity contribution in [1.82, 2.24) is 0 Å². The zero-order valence-electron chi connectivity index (χ0n) is 56.4. The van der Waals surface area contributed by atoms with Gasteiger partial charge in [-0.3, -0.25) is 0 Å². The van der Waals surface area contributed by atoms with Crippen LogP contribution in [0.5, 0.6) is 0 Å². The van der Waals surface area contributed by atoms with E-state index >= 15 is 0 Å². The van der Waals surface area contributed by atoms with E-state index in [4.69, 9.17) is 8.83 Å². The molecule has 5 heteroatoms. The number of hydrogen-bond acceptors (Lipinski definition) is 4. The van der Waals surface area contributed by atoms with E-state index in [0.29, 0.717) is 0 Å². The van der Waals surface area contributed by atoms with Crippen molar-refractivity contribution in [3.05, 3.63) is 406 Å². The van der Waals surface area contributed by atoms with E-state index in [1.54, 1.807) is 0 Å². The summed E-state index contributed by atoms with van der Waals surface area (Å²) in [5.41, 5.74) is 29.5. The van der Waals surface area contributed by atoms with E-state index < -0.39 is 0 Å². The summed E-state index contributed by atoms with van der Waals surface area (Å²) in [6.07, 6.45) is 0. The molecule has 0 fully saturated rings. The van der Waals surface area contributed by atoms with Crippen molar-refractivity contribution in [3.8, 4) is 89.0 Å². The molecule has 0 saturated heterocycles. The van der Waals surface area contributed by atoms with Crippen molar-refractivity contribution in [3.63, 3.8) is 0 Å². The highest BCUT2D eigenvalue weighted by Crippen LogP contribution is 2.46. The minimum Gasteiger partial charge on any atom is -0.456 e. The SMILES string of the molecule is Cc1cc2oc3ccccc3c2cc1-c1ccc(-c2ccccc2)cc1.[B].c1ccc(-c2ccc(-c3cc4c(cc3N(c3ccc(-c5ccccc5)cc3)c3ccc(-c5ccccc5)cc3)oc3ccccc34)cc2)cc1.c1ccc(-c2ccc(Nc3ccc(-c4ccccc4)cc3)cc2)cc1. The van der Waals surface area contributed by atoms with Crippen LogP contribution in [0, 0.1) is 6.92 Å². The van der Waals surface area contributed by atoms with Gasteiger partial charge in [0.2, 0.25) is 0 Å². The van der Waals surface area contributed by atoms with Crippen LogP contribution >= 0.6 is 0 Å². The van der Waals surface area contributed by atoms with Crippen LogP contribution in [-0.2, 0) is 0 Å². The fourth-order valence-corrected chi connectivity index (χ4v) is 13.5. The van der Waals surface area contributed by atoms with E-state index in [1.165, 1.54) is 94.2 Å². The zero-order chi connectivity index (χ0) is 67.7. The minimum atomic E-state index is 0. The molecule has 2 aromatic heterocycles. The second-order valence-electron chi connectivity index (χ2n) is 25.3. The summed E-state index contributed by atoms with van der Waals surface area (Å²) in [6, 6.07) is 141. The predicted molar refractivity (Wildman–Crippen MR) is 432 cm³/mol. The third-order valence-electron chi connectivity index (χ3n) is 18.8. The Kier molecular flexibility index (Phi) is 19.0. The molecule has 483 valence electrons. The normalized spacial score (nSPS) is 10.9. The maximum Gasteiger partial charge on any atom is 0.137 e. The quantitative estimate of drug-likeness (QED) is 0.117. The molecule has 4 nitrogen and oxygen atoms in total. The second kappa shape index (κ2) is 29.9. The van der Waals surface area contributed by atoms with Gasteiger partial charge in [-0.05, 0) is 175 Å². The lowest BCUT2D eigenvalue weighted by atomic mass is 9.96. The van der Waals surface area contributed by atoms with Crippen molar-refractivity contribution in [2.75, 3.05) is 10.2 Å². The molecule has 102 heavy (non-hydrogen) atoms. The molecule has 0 aliphatic heterocycles. The smallest absolute Gasteiger partial charge is 0.137 e. The van der Waals surface area contributed by atoms with E-state index in [0.717, 1.165) is 72.7 Å². The fraction of sp³-hybridized carbons (Fsp3) is 0.0103. The maximum atomic E-state index is 6.51. The maximum absolute atomic E-state index is 6.51. The highest BCUT2D eigenvalue weighted by Gasteiger charge is 2.22. The topological polar surface area (TPSA) is 41.6 Å². The van der Waals surface area contributed by atoms with Crippen molar-refractivity contribution in [2.24, 2.45) is 0 Å². The Labute approximate surface area is 597 Å². The Bertz CT molecular complexity index is 5610. The van der Waals surface area contributed by atoms with Crippen LogP contribution in [0.2, 0.25) is 0 Å². The van der Waals surface area contributed by atoms with Gasteiger partial charge in [0, 0.05) is 64.3 Å². The lowest BCUT2D eigenvalue weighted by Gasteiger charge is -2.28. The van der Waals surface area contributed by atoms with Crippen LogP contribution in [0.3, 0.4) is 0 Å². The van der Waals surface area contributed by atoms with Crippen molar-refractivity contribution in [1.29, 1.82) is 0 Å². The standard InChI is InChI=1S/C48H33NO.C25H18O.C24H19N.B/c1-4-12-34(13-5-1)37-20-22-40(23-21-37)44-32-45-43-18-10-11-19-47(43)50-48(45)33-46(44)49(41-28-24-38(25-29-41)35-14-6-2-7-15-35)42-30-26-39(27-31-42)36-16-8-3-9-17-36;1-17-15-25-23(21-9-5-6-10-24(21)26-25)16-22(17)20-13-11-19(12-14-20)18-7-3-2-4-8-18;1-3-7-19(8-4-1)21-11-15-23(16-12-21)25-24-17-13-22(14-18-24)20-9-5-2-6-10-20;/h1-33H;2-16H,1H3;1-18,25H;. The molecule has 0 bridgehead atoms. The summed E-state index contributed by atoms with van der Waals surface area (Å²) >= 11 is 0. The summed E-state index contributed by atoms with van der Waals surface area (Å²) in [5.74, 6) is 0. The number of nitrogens with one attached hydrogen (secondary N) is 1. The molecular weight excluding hydrogens is 1240 g/mol. The van der Waals surface area contributed by atoms with Gasteiger partial charge in [0.05, 0.1) is 5.69 Å². The average Bonchev–Trinajstić information content (AvgIpc) is 1.48. The van der Waals surface area contributed by atoms with E-state index in [2.05, 4.69) is 375 Å². The lowest BCUT2D eigenvalue weighted by Crippen LogP contribution is -2.11. The first kappa shape index (κ1) is 64.8. The summed E-state index contributed by atoms with van der Waals surface area (Å²) < 4.78 is 12.5. The number of anilines is 5. The predicted octanol–water partition coefficient (Wildman–Crippen LogP) is 27.3. The Morgan fingerprint density at radius 1 is 0.216 bits per heavy atom. The first-order chi connectivity index (χ1) is 50.0. The number of para-hydroxylation sites is 2. The monoisotopic (exact) mass is 1310 g/mol. The summed E-state index contributed by atoms with van der Waals surface area (Å²) in [7, 11) is 0. The molecule has 0 spiro atoms. The Morgan fingerprint density at radius 2 is 0.471 bits per heavy atom. The molecule has 0 aliphatic carbocycles. The van der Waals surface area contributed by atoms with Gasteiger partial charge in [0.25, 0.3) is 0 Å². The molecule has 16 aromatic carbocycles. The van der Waals surface area contributed by atoms with Gasteiger partial charge in [-0.15, -0.1) is 0 Å². The number of rotatable bonds is 13. The van der Waals surface area contributed by atoms with Gasteiger partial charge < -0.3 is 19.1 Å². The highest BCUT2D eigenvalue weighted by molar-refractivity contribution is 6.10. The average molecular weight is 1310 g/mol. The van der Waals surface area contributed by atoms with Crippen LogP contribution in [0.1, 0.15) is 5.56 Å². The van der Waals surface area contributed by atoms with Crippen LogP contribution < -0.4 is 10.2 Å². The van der Waals surface area contributed by atoms with Gasteiger partial charge >= 0.3 is 0 Å². The molecule has 0 aliphatic rings. The minimum absolute atomic E-state index is 0. The number of furan rings is 2. The number of benzene rings is 16. The first-order valence-electron chi connectivity index (χ1n) is 34.3. The molecule has 2 heterocycles. The molecule has 3 radical (unpaired) electrons. The Morgan fingerprint density at radius 3 is 0.814 bits per heavy atom. The first-order valence-corrected chi connectivity index (χ1v) is 34.3.